The first-order valence-corrected chi connectivity index (χ1v) is 4.85. The molecular weight excluding hydrogens is 222 g/mol. The molecule has 2 aromatic carbocycles. The van der Waals surface area contributed by atoms with Gasteiger partial charge in [0.05, 0.1) is 5.69 Å². The average Bonchev–Trinajstić information content (AvgIpc) is 2.25. The van der Waals surface area contributed by atoms with Crippen LogP contribution >= 0.6 is 12.4 Å². The lowest BCUT2D eigenvalue weighted by Gasteiger charge is -2.07. The van der Waals surface area contributed by atoms with Gasteiger partial charge >= 0.3 is 0 Å². The second-order valence-electron chi connectivity index (χ2n) is 3.45. The van der Waals surface area contributed by atoms with E-state index in [1.54, 1.807) is 0 Å². The Labute approximate surface area is 101 Å². The largest absolute Gasteiger partial charge is 0.455 e. The molecule has 2 rings (SSSR count). The molecule has 0 aromatic heterocycles. The lowest BCUT2D eigenvalue weighted by atomic mass is 10.2. The Hall–Kier alpha value is -1.67. The average molecular weight is 236 g/mol. The number of ether oxygens (including phenoxy) is 1. The maximum Gasteiger partial charge on any atom is 0.150 e. The quantitative estimate of drug-likeness (QED) is 0.804. The van der Waals surface area contributed by atoms with Crippen LogP contribution in [0.2, 0.25) is 0 Å². The number of aryl methyl sites for hydroxylation is 1. The van der Waals surface area contributed by atoms with Gasteiger partial charge in [0.1, 0.15) is 11.5 Å². The number of halogens is 1. The summed E-state index contributed by atoms with van der Waals surface area (Å²) in [7, 11) is 0. The smallest absolute Gasteiger partial charge is 0.150 e. The third-order valence-electron chi connectivity index (χ3n) is 2.17. The molecule has 16 heavy (non-hydrogen) atoms. The van der Waals surface area contributed by atoms with Gasteiger partial charge in [-0.05, 0) is 31.2 Å². The first kappa shape index (κ1) is 12.4. The molecule has 0 unspecified atom stereocenters. The van der Waals surface area contributed by atoms with Gasteiger partial charge in [0, 0.05) is 0 Å². The molecule has 0 heterocycles. The number of benzene rings is 2. The van der Waals surface area contributed by atoms with Crippen molar-refractivity contribution in [3.8, 4) is 11.5 Å². The van der Waals surface area contributed by atoms with Crippen molar-refractivity contribution in [2.75, 3.05) is 5.73 Å². The monoisotopic (exact) mass is 235 g/mol. The lowest BCUT2D eigenvalue weighted by molar-refractivity contribution is 0.485. The zero-order valence-electron chi connectivity index (χ0n) is 9.01. The highest BCUT2D eigenvalue weighted by molar-refractivity contribution is 5.85. The Morgan fingerprint density at radius 1 is 0.938 bits per heavy atom. The molecule has 84 valence electrons. The van der Waals surface area contributed by atoms with Crippen LogP contribution in [0, 0.1) is 6.92 Å². The van der Waals surface area contributed by atoms with Gasteiger partial charge in [-0.15, -0.1) is 12.4 Å². The molecule has 0 radical (unpaired) electrons. The SMILES string of the molecule is Cc1ccc(Oc2ccccc2N)cc1.Cl. The highest BCUT2D eigenvalue weighted by Gasteiger charge is 1.99. The molecule has 0 fully saturated rings. The minimum atomic E-state index is 0. The van der Waals surface area contributed by atoms with Gasteiger partial charge in [-0.2, -0.15) is 0 Å². The highest BCUT2D eigenvalue weighted by atomic mass is 35.5. The van der Waals surface area contributed by atoms with Crippen LogP contribution in [0.25, 0.3) is 0 Å². The van der Waals surface area contributed by atoms with Gasteiger partial charge in [0.15, 0.2) is 0 Å². The second kappa shape index (κ2) is 5.42. The predicted octanol–water partition coefficient (Wildman–Crippen LogP) is 3.79. The number of anilines is 1. The van der Waals surface area contributed by atoms with Crippen molar-refractivity contribution in [1.82, 2.24) is 0 Å². The van der Waals surface area contributed by atoms with Gasteiger partial charge in [0.25, 0.3) is 0 Å². The molecule has 3 heteroatoms. The van der Waals surface area contributed by atoms with Crippen LogP contribution in [-0.4, -0.2) is 0 Å². The molecule has 0 saturated carbocycles. The molecule has 0 amide bonds. The maximum atomic E-state index is 5.77. The molecular formula is C13H14ClNO. The fourth-order valence-electron chi connectivity index (χ4n) is 1.31. The molecule has 0 aliphatic carbocycles. The van der Waals surface area contributed by atoms with E-state index in [0.29, 0.717) is 11.4 Å². The van der Waals surface area contributed by atoms with Crippen molar-refractivity contribution < 1.29 is 4.74 Å². The van der Waals surface area contributed by atoms with E-state index in [2.05, 4.69) is 0 Å². The Kier molecular flexibility index (Phi) is 4.20. The molecule has 0 spiro atoms. The fourth-order valence-corrected chi connectivity index (χ4v) is 1.31. The third-order valence-corrected chi connectivity index (χ3v) is 2.17. The molecule has 0 bridgehead atoms. The zero-order valence-corrected chi connectivity index (χ0v) is 9.83. The summed E-state index contributed by atoms with van der Waals surface area (Å²) >= 11 is 0. The molecule has 0 aliphatic heterocycles. The fraction of sp³-hybridized carbons (Fsp3) is 0.0769. The van der Waals surface area contributed by atoms with Crippen molar-refractivity contribution in [1.29, 1.82) is 0 Å². The topological polar surface area (TPSA) is 35.2 Å². The van der Waals surface area contributed by atoms with Crippen LogP contribution < -0.4 is 10.5 Å². The number of nitrogen functional groups attached to an aromatic ring is 1. The van der Waals surface area contributed by atoms with E-state index < -0.39 is 0 Å². The van der Waals surface area contributed by atoms with E-state index >= 15 is 0 Å². The Morgan fingerprint density at radius 3 is 2.19 bits per heavy atom. The maximum absolute atomic E-state index is 5.77. The number of rotatable bonds is 2. The van der Waals surface area contributed by atoms with Gasteiger partial charge in [-0.3, -0.25) is 0 Å². The van der Waals surface area contributed by atoms with Crippen molar-refractivity contribution in [3.63, 3.8) is 0 Å². The Morgan fingerprint density at radius 2 is 1.56 bits per heavy atom. The molecule has 0 atom stereocenters. The summed E-state index contributed by atoms with van der Waals surface area (Å²) in [6.07, 6.45) is 0. The number of hydrogen-bond acceptors (Lipinski definition) is 2. The van der Waals surface area contributed by atoms with Crippen LogP contribution in [0.3, 0.4) is 0 Å². The van der Waals surface area contributed by atoms with E-state index in [1.165, 1.54) is 5.56 Å². The zero-order chi connectivity index (χ0) is 10.7. The second-order valence-corrected chi connectivity index (χ2v) is 3.45. The van der Waals surface area contributed by atoms with Crippen LogP contribution in [0.4, 0.5) is 5.69 Å². The summed E-state index contributed by atoms with van der Waals surface area (Å²) in [4.78, 5) is 0. The highest BCUT2D eigenvalue weighted by Crippen LogP contribution is 2.26. The Balaban J connectivity index is 0.00000128. The summed E-state index contributed by atoms with van der Waals surface area (Å²) in [5.74, 6) is 1.50. The molecule has 2 nitrogen and oxygen atoms in total. The molecule has 2 aromatic rings. The first-order chi connectivity index (χ1) is 7.25. The molecule has 0 saturated heterocycles. The van der Waals surface area contributed by atoms with E-state index in [9.17, 15) is 0 Å². The predicted molar refractivity (Wildman–Crippen MR) is 69.4 cm³/mol. The van der Waals surface area contributed by atoms with Crippen LogP contribution in [0.15, 0.2) is 48.5 Å². The van der Waals surface area contributed by atoms with Crippen molar-refractivity contribution in [2.24, 2.45) is 0 Å². The van der Waals surface area contributed by atoms with E-state index in [1.807, 2.05) is 55.5 Å². The van der Waals surface area contributed by atoms with E-state index in [4.69, 9.17) is 10.5 Å². The molecule has 0 aliphatic rings. The Bertz CT molecular complexity index is 454. The van der Waals surface area contributed by atoms with Gasteiger partial charge in [0.2, 0.25) is 0 Å². The van der Waals surface area contributed by atoms with Crippen molar-refractivity contribution >= 4 is 18.1 Å². The van der Waals surface area contributed by atoms with Gasteiger partial charge in [-0.1, -0.05) is 29.8 Å². The van der Waals surface area contributed by atoms with Crippen molar-refractivity contribution in [2.45, 2.75) is 6.92 Å². The van der Waals surface area contributed by atoms with Crippen LogP contribution in [-0.2, 0) is 0 Å². The van der Waals surface area contributed by atoms with E-state index in [-0.39, 0.29) is 12.4 Å². The standard InChI is InChI=1S/C13H13NO.ClH/c1-10-6-8-11(9-7-10)15-13-5-3-2-4-12(13)14;/h2-9H,14H2,1H3;1H. The normalized spacial score (nSPS) is 9.31. The van der Waals surface area contributed by atoms with E-state index in [0.717, 1.165) is 5.75 Å². The lowest BCUT2D eigenvalue weighted by Crippen LogP contribution is -1.91. The van der Waals surface area contributed by atoms with Crippen LogP contribution in [0.5, 0.6) is 11.5 Å². The van der Waals surface area contributed by atoms with Crippen molar-refractivity contribution in [3.05, 3.63) is 54.1 Å². The number of nitrogens with two attached hydrogens (primary N) is 1. The minimum Gasteiger partial charge on any atom is -0.455 e. The number of para-hydroxylation sites is 2. The summed E-state index contributed by atoms with van der Waals surface area (Å²) in [5.41, 5.74) is 7.64. The number of hydrogen-bond donors (Lipinski definition) is 1. The van der Waals surface area contributed by atoms with Gasteiger partial charge in [-0.25, -0.2) is 0 Å². The summed E-state index contributed by atoms with van der Waals surface area (Å²) < 4.78 is 5.64. The minimum absolute atomic E-state index is 0. The van der Waals surface area contributed by atoms with Gasteiger partial charge < -0.3 is 10.5 Å². The molecule has 2 N–H and O–H groups in total. The summed E-state index contributed by atoms with van der Waals surface area (Å²) in [6.45, 7) is 2.04. The first-order valence-electron chi connectivity index (χ1n) is 4.85. The summed E-state index contributed by atoms with van der Waals surface area (Å²) in [5, 5.41) is 0. The van der Waals surface area contributed by atoms with Crippen LogP contribution in [0.1, 0.15) is 5.56 Å². The third kappa shape index (κ3) is 2.91. The summed E-state index contributed by atoms with van der Waals surface area (Å²) in [6, 6.07) is 15.3.